The molecule has 29 heavy (non-hydrogen) atoms. The number of nitrogens with zero attached hydrogens (tertiary/aromatic N) is 1. The van der Waals surface area contributed by atoms with E-state index in [0.717, 1.165) is 0 Å². The van der Waals surface area contributed by atoms with Crippen molar-refractivity contribution in [3.05, 3.63) is 22.2 Å². The lowest BCUT2D eigenvalue weighted by Crippen LogP contribution is -2.47. The molecule has 1 aliphatic rings. The molecule has 1 N–H and O–H groups in total. The predicted molar refractivity (Wildman–Crippen MR) is 107 cm³/mol. The Bertz CT molecular complexity index is 723. The zero-order valence-corrected chi connectivity index (χ0v) is 18.2. The van der Waals surface area contributed by atoms with E-state index in [9.17, 15) is 14.4 Å². The summed E-state index contributed by atoms with van der Waals surface area (Å²) in [4.78, 5) is 37.7. The molecular weight excluding hydrogens is 448 g/mol. The third-order valence-corrected chi connectivity index (χ3v) is 5.18. The Hall–Kier alpha value is -2.49. The number of nitrogens with one attached hydrogen (secondary N) is 1. The average molecular weight is 473 g/mol. The number of likely N-dealkylation sites (tertiary alicyclic amines) is 1. The van der Waals surface area contributed by atoms with E-state index in [4.69, 9.17) is 18.9 Å². The maximum atomic E-state index is 12.3. The Morgan fingerprint density at radius 2 is 1.69 bits per heavy atom. The van der Waals surface area contributed by atoms with Gasteiger partial charge in [-0.15, -0.1) is 0 Å². The highest BCUT2D eigenvalue weighted by atomic mass is 79.9. The Kier molecular flexibility index (Phi) is 8.56. The van der Waals surface area contributed by atoms with Gasteiger partial charge in [0.2, 0.25) is 0 Å². The summed E-state index contributed by atoms with van der Waals surface area (Å²) in [5.41, 5.74) is 0.206. The molecule has 0 aliphatic carbocycles. The second-order valence-electron chi connectivity index (χ2n) is 6.30. The minimum Gasteiger partial charge on any atom is -0.495 e. The monoisotopic (exact) mass is 472 g/mol. The molecule has 10 heteroatoms. The number of hydrogen-bond donors (Lipinski definition) is 1. The van der Waals surface area contributed by atoms with Gasteiger partial charge in [0.25, 0.3) is 5.91 Å². The lowest BCUT2D eigenvalue weighted by Gasteiger charge is -2.31. The zero-order chi connectivity index (χ0) is 21.4. The van der Waals surface area contributed by atoms with Crippen molar-refractivity contribution in [2.24, 2.45) is 0 Å². The van der Waals surface area contributed by atoms with Crippen molar-refractivity contribution in [3.8, 4) is 11.5 Å². The second-order valence-corrected chi connectivity index (χ2v) is 7.09. The molecule has 1 fully saturated rings. The van der Waals surface area contributed by atoms with Crippen LogP contribution in [0.15, 0.2) is 16.6 Å². The quantitative estimate of drug-likeness (QED) is 0.607. The molecule has 0 atom stereocenters. The average Bonchev–Trinajstić information content (AvgIpc) is 2.72. The van der Waals surface area contributed by atoms with Crippen LogP contribution in [0.4, 0.5) is 4.79 Å². The number of hydrogen-bond acceptors (Lipinski definition) is 7. The van der Waals surface area contributed by atoms with Crippen LogP contribution in [0.5, 0.6) is 11.5 Å². The lowest BCUT2D eigenvalue weighted by molar-refractivity contribution is -0.125. The molecule has 2 rings (SSSR count). The summed E-state index contributed by atoms with van der Waals surface area (Å²) in [7, 11) is 2.94. The van der Waals surface area contributed by atoms with E-state index >= 15 is 0 Å². The van der Waals surface area contributed by atoms with E-state index in [1.54, 1.807) is 11.8 Å². The summed E-state index contributed by atoms with van der Waals surface area (Å²) in [6.07, 6.45) is 0.880. The number of carbonyl (C=O) groups is 3. The van der Waals surface area contributed by atoms with Gasteiger partial charge in [-0.05, 0) is 47.8 Å². The smallest absolute Gasteiger partial charge is 0.409 e. The van der Waals surface area contributed by atoms with Gasteiger partial charge in [0.05, 0.1) is 26.4 Å². The van der Waals surface area contributed by atoms with Gasteiger partial charge in [0.15, 0.2) is 6.61 Å². The highest BCUT2D eigenvalue weighted by Crippen LogP contribution is 2.35. The summed E-state index contributed by atoms with van der Waals surface area (Å²) in [6.45, 7) is 2.69. The number of amides is 2. The van der Waals surface area contributed by atoms with Crippen molar-refractivity contribution in [1.29, 1.82) is 0 Å². The van der Waals surface area contributed by atoms with Gasteiger partial charge in [-0.1, -0.05) is 0 Å². The maximum Gasteiger partial charge on any atom is 0.409 e. The number of benzene rings is 1. The number of halogens is 1. The largest absolute Gasteiger partial charge is 0.495 e. The summed E-state index contributed by atoms with van der Waals surface area (Å²) in [5.74, 6) is -0.242. The first kappa shape index (κ1) is 22.8. The van der Waals surface area contributed by atoms with Crippen molar-refractivity contribution >= 4 is 33.9 Å². The molecule has 1 heterocycles. The molecule has 160 valence electrons. The van der Waals surface area contributed by atoms with Crippen LogP contribution in [0.2, 0.25) is 0 Å². The fourth-order valence-corrected chi connectivity index (χ4v) is 3.44. The van der Waals surface area contributed by atoms with Gasteiger partial charge in [0.1, 0.15) is 16.0 Å². The molecule has 0 unspecified atom stereocenters. The van der Waals surface area contributed by atoms with E-state index in [1.807, 2.05) is 0 Å². The first-order valence-corrected chi connectivity index (χ1v) is 9.98. The molecular formula is C19H25BrN2O7. The van der Waals surface area contributed by atoms with Gasteiger partial charge >= 0.3 is 12.1 Å². The molecule has 0 spiro atoms. The minimum atomic E-state index is -0.665. The van der Waals surface area contributed by atoms with Crippen molar-refractivity contribution in [1.82, 2.24) is 10.2 Å². The minimum absolute atomic E-state index is 0.0836. The fraction of sp³-hybridized carbons (Fsp3) is 0.526. The van der Waals surface area contributed by atoms with Crippen molar-refractivity contribution < 1.29 is 33.3 Å². The molecule has 1 saturated heterocycles. The van der Waals surface area contributed by atoms with Crippen LogP contribution in [0.3, 0.4) is 0 Å². The molecule has 1 aliphatic heterocycles. The van der Waals surface area contributed by atoms with E-state index in [2.05, 4.69) is 21.2 Å². The molecule has 1 aromatic carbocycles. The number of methoxy groups -OCH3 is 2. The summed E-state index contributed by atoms with van der Waals surface area (Å²) in [6, 6.07) is 2.91. The topological polar surface area (TPSA) is 103 Å². The van der Waals surface area contributed by atoms with Crippen LogP contribution in [-0.4, -0.2) is 69.4 Å². The Morgan fingerprint density at radius 3 is 2.21 bits per heavy atom. The van der Waals surface area contributed by atoms with Crippen molar-refractivity contribution in [2.45, 2.75) is 25.8 Å². The number of piperidine rings is 1. The summed E-state index contributed by atoms with van der Waals surface area (Å²) >= 11 is 3.33. The van der Waals surface area contributed by atoms with Crippen LogP contribution in [0.1, 0.15) is 30.1 Å². The summed E-state index contributed by atoms with van der Waals surface area (Å²) < 4.78 is 21.0. The van der Waals surface area contributed by atoms with Crippen molar-refractivity contribution in [2.75, 3.05) is 40.5 Å². The second kappa shape index (κ2) is 10.9. The summed E-state index contributed by atoms with van der Waals surface area (Å²) in [5, 5.41) is 2.82. The van der Waals surface area contributed by atoms with Crippen LogP contribution in [0.25, 0.3) is 0 Å². The Labute approximate surface area is 177 Å². The number of rotatable bonds is 7. The molecule has 0 bridgehead atoms. The normalized spacial score (nSPS) is 14.1. The van der Waals surface area contributed by atoms with Crippen LogP contribution in [-0.2, 0) is 14.3 Å². The van der Waals surface area contributed by atoms with Gasteiger partial charge in [-0.25, -0.2) is 9.59 Å². The third-order valence-electron chi connectivity index (χ3n) is 4.40. The highest BCUT2D eigenvalue weighted by molar-refractivity contribution is 9.10. The number of carbonyl (C=O) groups excluding carboxylic acids is 3. The first-order chi connectivity index (χ1) is 13.9. The van der Waals surface area contributed by atoms with E-state index in [1.165, 1.54) is 26.4 Å². The van der Waals surface area contributed by atoms with E-state index in [0.29, 0.717) is 48.5 Å². The van der Waals surface area contributed by atoms with Gasteiger partial charge in [-0.3, -0.25) is 4.79 Å². The SMILES string of the molecule is CCOC(=O)N1CCC(NC(=O)COC(=O)c2cc(OC)c(Br)c(OC)c2)CC1. The molecule has 0 radical (unpaired) electrons. The molecule has 0 aromatic heterocycles. The highest BCUT2D eigenvalue weighted by Gasteiger charge is 2.25. The van der Waals surface area contributed by atoms with E-state index in [-0.39, 0.29) is 17.7 Å². The Balaban J connectivity index is 1.82. The van der Waals surface area contributed by atoms with Gasteiger partial charge in [-0.2, -0.15) is 0 Å². The molecule has 0 saturated carbocycles. The Morgan fingerprint density at radius 1 is 1.10 bits per heavy atom. The van der Waals surface area contributed by atoms with Gasteiger partial charge in [0, 0.05) is 19.1 Å². The molecule has 1 aromatic rings. The van der Waals surface area contributed by atoms with Crippen LogP contribution >= 0.6 is 15.9 Å². The number of ether oxygens (including phenoxy) is 4. The maximum absolute atomic E-state index is 12.3. The van der Waals surface area contributed by atoms with Gasteiger partial charge < -0.3 is 29.2 Å². The fourth-order valence-electron chi connectivity index (χ4n) is 2.89. The molecule has 9 nitrogen and oxygen atoms in total. The zero-order valence-electron chi connectivity index (χ0n) is 16.7. The third kappa shape index (κ3) is 6.25. The van der Waals surface area contributed by atoms with E-state index < -0.39 is 18.5 Å². The molecule has 2 amide bonds. The first-order valence-electron chi connectivity index (χ1n) is 9.19. The van der Waals surface area contributed by atoms with Crippen LogP contribution in [0, 0.1) is 0 Å². The lowest BCUT2D eigenvalue weighted by atomic mass is 10.1. The number of esters is 1. The van der Waals surface area contributed by atoms with Crippen molar-refractivity contribution in [3.63, 3.8) is 0 Å². The van der Waals surface area contributed by atoms with Crippen LogP contribution < -0.4 is 14.8 Å². The standard InChI is InChI=1S/C19H25BrN2O7/c1-4-28-19(25)22-7-5-13(6-8-22)21-16(23)11-29-18(24)12-9-14(26-2)17(20)15(10-12)27-3/h9-10,13H,4-8,11H2,1-3H3,(H,21,23). The predicted octanol–water partition coefficient (Wildman–Crippen LogP) is 2.36.